The number of rotatable bonds is 9. The lowest BCUT2D eigenvalue weighted by Gasteiger charge is -2.22. The summed E-state index contributed by atoms with van der Waals surface area (Å²) < 4.78 is 43.2. The molecule has 0 fully saturated rings. The number of nitrogens with zero attached hydrogens (tertiary/aromatic N) is 1. The number of amides is 1. The van der Waals surface area contributed by atoms with Gasteiger partial charge in [-0.25, -0.2) is 22.7 Å². The molecule has 0 unspecified atom stereocenters. The van der Waals surface area contributed by atoms with Crippen molar-refractivity contribution in [3.05, 3.63) is 22.8 Å². The Morgan fingerprint density at radius 1 is 1.15 bits per heavy atom. The highest BCUT2D eigenvalue weighted by Crippen LogP contribution is 2.30. The van der Waals surface area contributed by atoms with Crippen LogP contribution in [0.25, 0.3) is 0 Å². The van der Waals surface area contributed by atoms with Gasteiger partial charge in [-0.1, -0.05) is 0 Å². The molecule has 1 atom stereocenters. The van der Waals surface area contributed by atoms with Crippen molar-refractivity contribution in [2.24, 2.45) is 10.7 Å². The van der Waals surface area contributed by atoms with E-state index in [4.69, 9.17) is 19.9 Å². The summed E-state index contributed by atoms with van der Waals surface area (Å²) in [6, 6.07) is 0.704. The van der Waals surface area contributed by atoms with Crippen molar-refractivity contribution in [3.8, 4) is 5.75 Å². The van der Waals surface area contributed by atoms with Gasteiger partial charge in [0.15, 0.2) is 0 Å². The molecule has 0 saturated carbocycles. The Kier molecular flexibility index (Phi) is 10.2. The zero-order valence-corrected chi connectivity index (χ0v) is 21.9. The Morgan fingerprint density at radius 3 is 2.29 bits per heavy atom. The minimum atomic E-state index is -3.98. The van der Waals surface area contributed by atoms with Crippen LogP contribution in [0.1, 0.15) is 50.3 Å². The number of carbonyl (C=O) groups is 2. The first-order valence-electron chi connectivity index (χ1n) is 10.7. The van der Waals surface area contributed by atoms with E-state index in [1.165, 1.54) is 14.2 Å². The average molecular weight is 501 g/mol. The number of alkyl carbamates (subject to hydrolysis) is 1. The van der Waals surface area contributed by atoms with Gasteiger partial charge >= 0.3 is 12.1 Å². The molecule has 1 aromatic carbocycles. The third-order valence-electron chi connectivity index (χ3n) is 4.82. The summed E-state index contributed by atoms with van der Waals surface area (Å²) in [6.07, 6.45) is -0.248. The number of nitrogens with one attached hydrogen (secondary N) is 2. The van der Waals surface area contributed by atoms with E-state index in [1.807, 2.05) is 0 Å². The summed E-state index contributed by atoms with van der Waals surface area (Å²) >= 11 is 0. The number of esters is 1. The van der Waals surface area contributed by atoms with Gasteiger partial charge in [0.25, 0.3) is 10.0 Å². The maximum atomic E-state index is 12.9. The van der Waals surface area contributed by atoms with E-state index in [1.54, 1.807) is 47.6 Å². The third kappa shape index (κ3) is 8.40. The largest absolute Gasteiger partial charge is 0.496 e. The van der Waals surface area contributed by atoms with E-state index in [0.29, 0.717) is 28.9 Å². The van der Waals surface area contributed by atoms with E-state index in [2.05, 4.69) is 15.0 Å². The summed E-state index contributed by atoms with van der Waals surface area (Å²) in [5.41, 5.74) is 6.84. The van der Waals surface area contributed by atoms with Gasteiger partial charge < -0.3 is 25.3 Å². The Bertz CT molecular complexity index is 1030. The van der Waals surface area contributed by atoms with E-state index in [9.17, 15) is 18.0 Å². The number of aliphatic imine (C=N–C) groups is 1. The van der Waals surface area contributed by atoms with Crippen LogP contribution in [-0.4, -0.2) is 58.8 Å². The SMILES string of the molecule is COC(=O)[C@H](CCCN=C(N)NS(=O)(=O)c1c(C)cc(OC)c(C)c1C)NC(=O)OC(C)(C)C. The lowest BCUT2D eigenvalue weighted by Crippen LogP contribution is -2.44. The number of carbonyl (C=O) groups excluding carboxylic acids is 2. The molecule has 0 aliphatic rings. The van der Waals surface area contributed by atoms with Crippen molar-refractivity contribution in [2.45, 2.75) is 70.9 Å². The molecule has 1 rings (SSSR count). The molecule has 0 heterocycles. The number of ether oxygens (including phenoxy) is 3. The van der Waals surface area contributed by atoms with E-state index >= 15 is 0 Å². The Balaban J connectivity index is 2.83. The molecule has 0 aliphatic heterocycles. The van der Waals surface area contributed by atoms with Crippen molar-refractivity contribution in [1.82, 2.24) is 10.0 Å². The fraction of sp³-hybridized carbons (Fsp3) is 0.591. The lowest BCUT2D eigenvalue weighted by molar-refractivity contribution is -0.143. The summed E-state index contributed by atoms with van der Waals surface area (Å²) in [5.74, 6) is -0.331. The van der Waals surface area contributed by atoms with Crippen LogP contribution in [0.3, 0.4) is 0 Å². The molecule has 192 valence electrons. The van der Waals surface area contributed by atoms with Crippen molar-refractivity contribution < 1.29 is 32.2 Å². The van der Waals surface area contributed by atoms with Crippen LogP contribution in [0.5, 0.6) is 5.75 Å². The minimum Gasteiger partial charge on any atom is -0.496 e. The van der Waals surface area contributed by atoms with Crippen LogP contribution >= 0.6 is 0 Å². The Hall–Kier alpha value is -3.02. The summed E-state index contributed by atoms with van der Waals surface area (Å²) in [7, 11) is -1.25. The number of hydrogen-bond acceptors (Lipinski definition) is 8. The Morgan fingerprint density at radius 2 is 1.76 bits per heavy atom. The predicted molar refractivity (Wildman–Crippen MR) is 128 cm³/mol. The number of hydrogen-bond donors (Lipinski definition) is 3. The number of nitrogens with two attached hydrogens (primary N) is 1. The zero-order valence-electron chi connectivity index (χ0n) is 21.1. The molecule has 0 radical (unpaired) electrons. The highest BCUT2D eigenvalue weighted by molar-refractivity contribution is 7.90. The predicted octanol–water partition coefficient (Wildman–Crippen LogP) is 2.06. The fourth-order valence-corrected chi connectivity index (χ4v) is 4.68. The van der Waals surface area contributed by atoms with Gasteiger partial charge in [0, 0.05) is 6.54 Å². The smallest absolute Gasteiger partial charge is 0.408 e. The minimum absolute atomic E-state index is 0.108. The standard InChI is InChI=1S/C22H36N4O7S/c1-13-12-17(31-7)14(2)15(3)18(13)34(29,30)26-20(23)24-11-9-10-16(19(27)32-8)25-21(28)33-22(4,5)6/h12,16H,9-11H2,1-8H3,(H,25,28)(H3,23,24,26)/t16-/m0/s1. The number of guanidine groups is 1. The van der Waals surface area contributed by atoms with Crippen LogP contribution in [0, 0.1) is 20.8 Å². The molecule has 1 amide bonds. The topological polar surface area (TPSA) is 158 Å². The van der Waals surface area contributed by atoms with E-state index in [-0.39, 0.29) is 23.8 Å². The number of sulfonamides is 1. The molecule has 0 aromatic heterocycles. The number of benzene rings is 1. The maximum absolute atomic E-state index is 12.9. The quantitative estimate of drug-likeness (QED) is 0.201. The first kappa shape index (κ1) is 29.0. The highest BCUT2D eigenvalue weighted by atomic mass is 32.2. The molecular formula is C22H36N4O7S. The average Bonchev–Trinajstić information content (AvgIpc) is 2.70. The molecule has 1 aromatic rings. The van der Waals surface area contributed by atoms with Crippen molar-refractivity contribution in [1.29, 1.82) is 0 Å². The molecule has 4 N–H and O–H groups in total. The third-order valence-corrected chi connectivity index (χ3v) is 6.46. The molecule has 0 saturated heterocycles. The van der Waals surface area contributed by atoms with Gasteiger partial charge in [0.05, 0.1) is 19.1 Å². The molecule has 34 heavy (non-hydrogen) atoms. The number of methoxy groups -OCH3 is 2. The molecule has 0 spiro atoms. The van der Waals surface area contributed by atoms with E-state index < -0.39 is 33.7 Å². The highest BCUT2D eigenvalue weighted by Gasteiger charge is 2.25. The lowest BCUT2D eigenvalue weighted by atomic mass is 10.1. The molecule has 0 aliphatic carbocycles. The first-order valence-corrected chi connectivity index (χ1v) is 12.2. The van der Waals surface area contributed by atoms with Crippen molar-refractivity contribution in [3.63, 3.8) is 0 Å². The van der Waals surface area contributed by atoms with Gasteiger partial charge in [-0.3, -0.25) is 4.99 Å². The van der Waals surface area contributed by atoms with Crippen molar-refractivity contribution >= 4 is 28.0 Å². The van der Waals surface area contributed by atoms with Gasteiger partial charge in [0.1, 0.15) is 17.4 Å². The van der Waals surface area contributed by atoms with Crippen molar-refractivity contribution in [2.75, 3.05) is 20.8 Å². The van der Waals surface area contributed by atoms with Crippen LogP contribution in [0.15, 0.2) is 16.0 Å². The van der Waals surface area contributed by atoms with Crippen LogP contribution in [0.4, 0.5) is 4.79 Å². The fourth-order valence-electron chi connectivity index (χ4n) is 3.20. The maximum Gasteiger partial charge on any atom is 0.408 e. The van der Waals surface area contributed by atoms with Crippen LogP contribution in [0.2, 0.25) is 0 Å². The van der Waals surface area contributed by atoms with Crippen LogP contribution < -0.4 is 20.5 Å². The van der Waals surface area contributed by atoms with E-state index in [0.717, 1.165) is 0 Å². The second-order valence-corrected chi connectivity index (χ2v) is 10.3. The number of aryl methyl sites for hydroxylation is 1. The zero-order chi connectivity index (χ0) is 26.3. The summed E-state index contributed by atoms with van der Waals surface area (Å²) in [4.78, 5) is 28.1. The second kappa shape index (κ2) is 11.9. The molecule has 0 bridgehead atoms. The summed E-state index contributed by atoms with van der Waals surface area (Å²) in [5, 5.41) is 2.46. The van der Waals surface area contributed by atoms with Gasteiger partial charge in [-0.05, 0) is 77.1 Å². The van der Waals surface area contributed by atoms with Crippen LogP contribution in [-0.2, 0) is 24.3 Å². The molecule has 11 nitrogen and oxygen atoms in total. The molecular weight excluding hydrogens is 464 g/mol. The van der Waals surface area contributed by atoms with Gasteiger partial charge in [0.2, 0.25) is 5.96 Å². The van der Waals surface area contributed by atoms with Gasteiger partial charge in [-0.2, -0.15) is 0 Å². The monoisotopic (exact) mass is 500 g/mol. The molecule has 12 heteroatoms. The summed E-state index contributed by atoms with van der Waals surface area (Å²) in [6.45, 7) is 10.3. The Labute approximate surface area is 201 Å². The first-order chi connectivity index (χ1) is 15.6. The second-order valence-electron chi connectivity index (χ2n) is 8.71. The van der Waals surface area contributed by atoms with Gasteiger partial charge in [-0.15, -0.1) is 0 Å². The normalized spacial score (nSPS) is 13.1.